The Kier molecular flexibility index (Phi) is 9.68. The molecule has 9 heteroatoms. The third-order valence-electron chi connectivity index (χ3n) is 5.68. The first kappa shape index (κ1) is 28.1. The summed E-state index contributed by atoms with van der Waals surface area (Å²) in [5.74, 6) is -0.465. The van der Waals surface area contributed by atoms with Crippen LogP contribution in [0.15, 0.2) is 114 Å². The van der Waals surface area contributed by atoms with E-state index in [1.165, 1.54) is 11.8 Å². The number of pyridine rings is 1. The molecule has 4 rings (SSSR count). The molecule has 3 N–H and O–H groups in total. The summed E-state index contributed by atoms with van der Waals surface area (Å²) in [6.45, 7) is 1.82. The van der Waals surface area contributed by atoms with Crippen molar-refractivity contribution in [3.63, 3.8) is 0 Å². The second-order valence-corrected chi connectivity index (χ2v) is 10.0. The zero-order valence-electron chi connectivity index (χ0n) is 22.0. The van der Waals surface area contributed by atoms with E-state index in [0.29, 0.717) is 28.3 Å². The number of anilines is 2. The average molecular weight is 553 g/mol. The van der Waals surface area contributed by atoms with Crippen molar-refractivity contribution in [2.75, 3.05) is 17.7 Å². The highest BCUT2D eigenvalue weighted by atomic mass is 32.2. The van der Waals surface area contributed by atoms with Crippen LogP contribution in [0.3, 0.4) is 0 Å². The van der Waals surface area contributed by atoms with Crippen LogP contribution in [0.4, 0.5) is 11.4 Å². The molecule has 0 spiro atoms. The number of nitrogens with one attached hydrogen (secondary N) is 3. The maximum atomic E-state index is 13.2. The number of benzene rings is 3. The molecule has 1 heterocycles. The maximum Gasteiger partial charge on any atom is 0.272 e. The molecule has 3 aromatic carbocycles. The van der Waals surface area contributed by atoms with Crippen LogP contribution in [0.2, 0.25) is 0 Å². The van der Waals surface area contributed by atoms with Crippen LogP contribution >= 0.6 is 11.8 Å². The van der Waals surface area contributed by atoms with Crippen LogP contribution in [0.25, 0.3) is 6.08 Å². The summed E-state index contributed by atoms with van der Waals surface area (Å²) in [6, 6.07) is 26.5. The fourth-order valence-corrected chi connectivity index (χ4v) is 4.49. The van der Waals surface area contributed by atoms with Gasteiger partial charge >= 0.3 is 0 Å². The van der Waals surface area contributed by atoms with Gasteiger partial charge in [0.25, 0.3) is 11.8 Å². The fourth-order valence-electron chi connectivity index (χ4n) is 3.63. The molecular formula is C31H28N4O4S. The highest BCUT2D eigenvalue weighted by molar-refractivity contribution is 8.00. The van der Waals surface area contributed by atoms with E-state index in [1.807, 2.05) is 37.3 Å². The maximum absolute atomic E-state index is 13.2. The SMILES string of the molecule is COc1ccccc1NC(=O)C(C)Sc1ccc(NC(=O)/C(=C/c2cccnc2)NC(=O)c2ccccc2)cc1. The highest BCUT2D eigenvalue weighted by Gasteiger charge is 2.18. The lowest BCUT2D eigenvalue weighted by Gasteiger charge is -2.15. The number of carbonyl (C=O) groups is 3. The number of thioether (sulfide) groups is 1. The first-order chi connectivity index (χ1) is 19.4. The van der Waals surface area contributed by atoms with Crippen molar-refractivity contribution in [1.29, 1.82) is 0 Å². The van der Waals surface area contributed by atoms with Gasteiger partial charge in [0.15, 0.2) is 0 Å². The van der Waals surface area contributed by atoms with Crippen molar-refractivity contribution in [3.8, 4) is 5.75 Å². The minimum absolute atomic E-state index is 0.0712. The molecule has 1 aromatic heterocycles. The predicted molar refractivity (Wildman–Crippen MR) is 158 cm³/mol. The number of para-hydroxylation sites is 2. The fraction of sp³-hybridized carbons (Fsp3) is 0.0968. The molecule has 40 heavy (non-hydrogen) atoms. The van der Waals surface area contributed by atoms with Gasteiger partial charge in [-0.05, 0) is 73.2 Å². The molecule has 8 nitrogen and oxygen atoms in total. The monoisotopic (exact) mass is 552 g/mol. The van der Waals surface area contributed by atoms with Crippen LogP contribution in [-0.4, -0.2) is 35.1 Å². The van der Waals surface area contributed by atoms with Gasteiger partial charge in [-0.15, -0.1) is 11.8 Å². The summed E-state index contributed by atoms with van der Waals surface area (Å²) in [5, 5.41) is 8.04. The number of carbonyl (C=O) groups excluding carboxylic acids is 3. The molecule has 0 saturated carbocycles. The third kappa shape index (κ3) is 7.81. The smallest absolute Gasteiger partial charge is 0.272 e. The Labute approximate surface area is 236 Å². The zero-order valence-corrected chi connectivity index (χ0v) is 22.8. The van der Waals surface area contributed by atoms with Crippen LogP contribution in [0.1, 0.15) is 22.8 Å². The Morgan fingerprint density at radius 3 is 2.30 bits per heavy atom. The quantitative estimate of drug-likeness (QED) is 0.174. The van der Waals surface area contributed by atoms with E-state index in [1.54, 1.807) is 86.2 Å². The lowest BCUT2D eigenvalue weighted by Crippen LogP contribution is -2.30. The summed E-state index contributed by atoms with van der Waals surface area (Å²) in [6.07, 6.45) is 4.79. The van der Waals surface area contributed by atoms with Gasteiger partial charge in [-0.2, -0.15) is 0 Å². The lowest BCUT2D eigenvalue weighted by molar-refractivity contribution is -0.115. The van der Waals surface area contributed by atoms with Gasteiger partial charge < -0.3 is 20.7 Å². The number of hydrogen-bond acceptors (Lipinski definition) is 6. The Bertz CT molecular complexity index is 1490. The summed E-state index contributed by atoms with van der Waals surface area (Å²) in [5.41, 5.74) is 2.30. The molecule has 0 aliphatic rings. The zero-order chi connectivity index (χ0) is 28.3. The average Bonchev–Trinajstić information content (AvgIpc) is 2.99. The number of ether oxygens (including phenoxy) is 1. The number of methoxy groups -OCH3 is 1. The molecule has 0 fully saturated rings. The van der Waals surface area contributed by atoms with Crippen molar-refractivity contribution in [3.05, 3.63) is 120 Å². The molecule has 1 unspecified atom stereocenters. The van der Waals surface area contributed by atoms with E-state index in [0.717, 1.165) is 4.90 Å². The highest BCUT2D eigenvalue weighted by Crippen LogP contribution is 2.28. The normalized spacial score (nSPS) is 11.7. The number of aromatic nitrogens is 1. The van der Waals surface area contributed by atoms with Crippen molar-refractivity contribution in [2.45, 2.75) is 17.1 Å². The van der Waals surface area contributed by atoms with Gasteiger partial charge in [0, 0.05) is 28.5 Å². The van der Waals surface area contributed by atoms with E-state index in [9.17, 15) is 14.4 Å². The first-order valence-corrected chi connectivity index (χ1v) is 13.3. The van der Waals surface area contributed by atoms with Crippen molar-refractivity contribution < 1.29 is 19.1 Å². The topological polar surface area (TPSA) is 109 Å². The van der Waals surface area contributed by atoms with Crippen LogP contribution in [0.5, 0.6) is 5.75 Å². The Morgan fingerprint density at radius 2 is 1.60 bits per heavy atom. The van der Waals surface area contributed by atoms with Gasteiger partial charge in [0.2, 0.25) is 5.91 Å². The number of hydrogen-bond donors (Lipinski definition) is 3. The van der Waals surface area contributed by atoms with Crippen molar-refractivity contribution in [2.24, 2.45) is 0 Å². The number of amides is 3. The molecule has 3 amide bonds. The second-order valence-electron chi connectivity index (χ2n) is 8.59. The number of rotatable bonds is 10. The van der Waals surface area contributed by atoms with Gasteiger partial charge in [-0.3, -0.25) is 19.4 Å². The molecule has 0 aliphatic carbocycles. The second kappa shape index (κ2) is 13.8. The molecule has 0 bridgehead atoms. The van der Waals surface area contributed by atoms with E-state index in [4.69, 9.17) is 4.74 Å². The largest absolute Gasteiger partial charge is 0.495 e. The minimum atomic E-state index is -0.488. The van der Waals surface area contributed by atoms with E-state index in [-0.39, 0.29) is 16.9 Å². The van der Waals surface area contributed by atoms with Crippen LogP contribution < -0.4 is 20.7 Å². The minimum Gasteiger partial charge on any atom is -0.495 e. The standard InChI is InChI=1S/C31H28N4O4S/c1-21(29(36)34-26-12-6-7-13-28(26)39-2)40-25-16-14-24(15-17-25)33-31(38)27(19-22-9-8-18-32-20-22)35-30(37)23-10-4-3-5-11-23/h3-21H,1-2H3,(H,33,38)(H,34,36)(H,35,37)/b27-19-. The molecule has 202 valence electrons. The van der Waals surface area contributed by atoms with Crippen LogP contribution in [-0.2, 0) is 9.59 Å². The summed E-state index contributed by atoms with van der Waals surface area (Å²) < 4.78 is 5.30. The molecular weight excluding hydrogens is 524 g/mol. The molecule has 1 atom stereocenters. The predicted octanol–water partition coefficient (Wildman–Crippen LogP) is 5.62. The van der Waals surface area contributed by atoms with Crippen molar-refractivity contribution in [1.82, 2.24) is 10.3 Å². The van der Waals surface area contributed by atoms with E-state index < -0.39 is 11.8 Å². The van der Waals surface area contributed by atoms with Crippen molar-refractivity contribution >= 4 is 46.9 Å². The van der Waals surface area contributed by atoms with Crippen LogP contribution in [0, 0.1) is 0 Å². The van der Waals surface area contributed by atoms with Gasteiger partial charge in [-0.1, -0.05) is 36.4 Å². The third-order valence-corrected chi connectivity index (χ3v) is 6.80. The molecule has 4 aromatic rings. The summed E-state index contributed by atoms with van der Waals surface area (Å²) >= 11 is 1.39. The van der Waals surface area contributed by atoms with Gasteiger partial charge in [0.1, 0.15) is 11.4 Å². The Hall–Kier alpha value is -4.89. The Morgan fingerprint density at radius 1 is 0.875 bits per heavy atom. The lowest BCUT2D eigenvalue weighted by atomic mass is 10.2. The Balaban J connectivity index is 1.41. The van der Waals surface area contributed by atoms with E-state index in [2.05, 4.69) is 20.9 Å². The summed E-state index contributed by atoms with van der Waals surface area (Å²) in [4.78, 5) is 43.6. The number of nitrogens with zero attached hydrogens (tertiary/aromatic N) is 1. The molecule has 0 radical (unpaired) electrons. The van der Waals surface area contributed by atoms with Gasteiger partial charge in [0.05, 0.1) is 18.0 Å². The summed E-state index contributed by atoms with van der Waals surface area (Å²) in [7, 11) is 1.55. The van der Waals surface area contributed by atoms with E-state index >= 15 is 0 Å². The first-order valence-electron chi connectivity index (χ1n) is 12.4. The molecule has 0 saturated heterocycles. The van der Waals surface area contributed by atoms with Gasteiger partial charge in [-0.25, -0.2) is 0 Å². The molecule has 0 aliphatic heterocycles.